The fourth-order valence-corrected chi connectivity index (χ4v) is 3.69. The number of hydrogen-bond acceptors (Lipinski definition) is 6. The number of aliphatic hydroxyl groups excluding tert-OH is 3. The lowest BCUT2D eigenvalue weighted by Crippen LogP contribution is -2.32. The van der Waals surface area contributed by atoms with E-state index in [1.165, 1.54) is 0 Å². The SMILES string of the molecule is O=C(Nc1ccc([C@@H]2O[C@H](CO)[C@@H](O)[C@H]2O)cc1NC(=O)c1ccccc1)c1ccccc1. The monoisotopic (exact) mass is 448 g/mol. The van der Waals surface area contributed by atoms with Crippen LogP contribution in [0.1, 0.15) is 32.4 Å². The van der Waals surface area contributed by atoms with E-state index in [0.29, 0.717) is 28.1 Å². The van der Waals surface area contributed by atoms with Gasteiger partial charge in [-0.05, 0) is 42.0 Å². The van der Waals surface area contributed by atoms with Crippen molar-refractivity contribution >= 4 is 23.2 Å². The number of rotatable bonds is 6. The minimum Gasteiger partial charge on any atom is -0.394 e. The summed E-state index contributed by atoms with van der Waals surface area (Å²) in [5.74, 6) is -0.740. The van der Waals surface area contributed by atoms with Gasteiger partial charge in [-0.15, -0.1) is 0 Å². The number of anilines is 2. The molecule has 0 radical (unpaired) electrons. The molecule has 3 aromatic rings. The largest absolute Gasteiger partial charge is 0.394 e. The fourth-order valence-electron chi connectivity index (χ4n) is 3.69. The standard InChI is InChI=1S/C25H24N2O6/c28-14-20-21(29)22(30)23(33-20)17-11-12-18(26-24(31)15-7-3-1-4-8-15)19(13-17)27-25(32)16-9-5-2-6-10-16/h1-13,20-23,28-30H,14H2,(H,26,31)(H,27,32)/t20-,21-,22-,23+/m1/s1. The van der Waals surface area contributed by atoms with E-state index in [0.717, 1.165) is 0 Å². The Morgan fingerprint density at radius 2 is 1.30 bits per heavy atom. The Bertz CT molecular complexity index is 1120. The van der Waals surface area contributed by atoms with E-state index >= 15 is 0 Å². The van der Waals surface area contributed by atoms with Gasteiger partial charge in [0.05, 0.1) is 18.0 Å². The lowest BCUT2D eigenvalue weighted by atomic mass is 10.0. The summed E-state index contributed by atoms with van der Waals surface area (Å²) >= 11 is 0. The van der Waals surface area contributed by atoms with Gasteiger partial charge in [-0.3, -0.25) is 9.59 Å². The van der Waals surface area contributed by atoms with Crippen molar-refractivity contribution in [2.24, 2.45) is 0 Å². The van der Waals surface area contributed by atoms with Crippen LogP contribution in [0, 0.1) is 0 Å². The normalized spacial score (nSPS) is 22.0. The lowest BCUT2D eigenvalue weighted by Gasteiger charge is -2.19. The molecule has 3 aromatic carbocycles. The Hall–Kier alpha value is -3.56. The predicted octanol–water partition coefficient (Wildman–Crippen LogP) is 2.35. The molecule has 4 atom stereocenters. The van der Waals surface area contributed by atoms with Crippen molar-refractivity contribution in [2.75, 3.05) is 17.2 Å². The third-order valence-corrected chi connectivity index (χ3v) is 5.48. The molecule has 2 amide bonds. The summed E-state index contributed by atoms with van der Waals surface area (Å²) in [5, 5.41) is 35.4. The van der Waals surface area contributed by atoms with Crippen LogP contribution in [0.2, 0.25) is 0 Å². The number of benzene rings is 3. The van der Waals surface area contributed by atoms with E-state index in [1.54, 1.807) is 78.9 Å². The van der Waals surface area contributed by atoms with Crippen LogP contribution in [0.3, 0.4) is 0 Å². The summed E-state index contributed by atoms with van der Waals surface area (Å²) in [6.45, 7) is -0.447. The first-order valence-corrected chi connectivity index (χ1v) is 10.5. The Morgan fingerprint density at radius 3 is 1.82 bits per heavy atom. The van der Waals surface area contributed by atoms with E-state index in [1.807, 2.05) is 0 Å². The summed E-state index contributed by atoms with van der Waals surface area (Å²) in [7, 11) is 0. The van der Waals surface area contributed by atoms with Gasteiger partial charge in [0.1, 0.15) is 24.4 Å². The Morgan fingerprint density at radius 1 is 0.758 bits per heavy atom. The van der Waals surface area contributed by atoms with Crippen LogP contribution in [0.5, 0.6) is 0 Å². The number of amides is 2. The second kappa shape index (κ2) is 9.93. The van der Waals surface area contributed by atoms with Gasteiger partial charge < -0.3 is 30.7 Å². The second-order valence-corrected chi connectivity index (χ2v) is 7.70. The van der Waals surface area contributed by atoms with Crippen LogP contribution in [0.4, 0.5) is 11.4 Å². The van der Waals surface area contributed by atoms with Crippen molar-refractivity contribution in [3.63, 3.8) is 0 Å². The van der Waals surface area contributed by atoms with Gasteiger partial charge in [-0.2, -0.15) is 0 Å². The Labute approximate surface area is 190 Å². The average Bonchev–Trinajstić information content (AvgIpc) is 3.14. The molecule has 8 heteroatoms. The van der Waals surface area contributed by atoms with Crippen LogP contribution in [0.15, 0.2) is 78.9 Å². The summed E-state index contributed by atoms with van der Waals surface area (Å²) in [5.41, 5.74) is 1.99. The second-order valence-electron chi connectivity index (χ2n) is 7.70. The molecule has 0 saturated carbocycles. The van der Waals surface area contributed by atoms with Crippen LogP contribution in [0.25, 0.3) is 0 Å². The fraction of sp³-hybridized carbons (Fsp3) is 0.200. The van der Waals surface area contributed by atoms with E-state index in [9.17, 15) is 24.9 Å². The van der Waals surface area contributed by atoms with Crippen molar-refractivity contribution in [1.82, 2.24) is 0 Å². The number of aliphatic hydroxyl groups is 3. The molecular weight excluding hydrogens is 424 g/mol. The number of carbonyl (C=O) groups excluding carboxylic acids is 2. The molecule has 1 saturated heterocycles. The quantitative estimate of drug-likeness (QED) is 0.394. The molecular formula is C25H24N2O6. The first kappa shape index (κ1) is 22.6. The number of hydrogen-bond donors (Lipinski definition) is 5. The molecule has 1 fully saturated rings. The van der Waals surface area contributed by atoms with Crippen LogP contribution >= 0.6 is 0 Å². The zero-order valence-electron chi connectivity index (χ0n) is 17.6. The molecule has 1 aliphatic heterocycles. The molecule has 0 aliphatic carbocycles. The van der Waals surface area contributed by atoms with Gasteiger partial charge >= 0.3 is 0 Å². The lowest BCUT2D eigenvalue weighted by molar-refractivity contribution is -0.0227. The van der Waals surface area contributed by atoms with Crippen molar-refractivity contribution in [3.05, 3.63) is 95.6 Å². The molecule has 170 valence electrons. The zero-order valence-corrected chi connectivity index (χ0v) is 17.6. The van der Waals surface area contributed by atoms with Crippen LogP contribution < -0.4 is 10.6 Å². The van der Waals surface area contributed by atoms with Gasteiger partial charge in [0, 0.05) is 11.1 Å². The van der Waals surface area contributed by atoms with Gasteiger partial charge in [-0.1, -0.05) is 42.5 Å². The summed E-state index contributed by atoms with van der Waals surface area (Å²) in [4.78, 5) is 25.5. The molecule has 1 aliphatic rings. The van der Waals surface area contributed by atoms with E-state index in [2.05, 4.69) is 10.6 Å². The molecule has 8 nitrogen and oxygen atoms in total. The zero-order chi connectivity index (χ0) is 23.4. The average molecular weight is 448 g/mol. The maximum Gasteiger partial charge on any atom is 0.255 e. The molecule has 5 N–H and O–H groups in total. The maximum absolute atomic E-state index is 12.8. The van der Waals surface area contributed by atoms with Gasteiger partial charge in [0.25, 0.3) is 11.8 Å². The molecule has 4 rings (SSSR count). The minimum absolute atomic E-state index is 0.295. The minimum atomic E-state index is -1.26. The summed E-state index contributed by atoms with van der Waals surface area (Å²) in [6, 6.07) is 22.0. The highest BCUT2D eigenvalue weighted by Gasteiger charge is 2.43. The van der Waals surface area contributed by atoms with Crippen molar-refractivity contribution in [1.29, 1.82) is 0 Å². The molecule has 0 aromatic heterocycles. The number of nitrogens with one attached hydrogen (secondary N) is 2. The molecule has 1 heterocycles. The van der Waals surface area contributed by atoms with E-state index in [4.69, 9.17) is 4.74 Å². The number of carbonyl (C=O) groups is 2. The summed E-state index contributed by atoms with van der Waals surface area (Å²) in [6.07, 6.45) is -4.35. The predicted molar refractivity (Wildman–Crippen MR) is 122 cm³/mol. The van der Waals surface area contributed by atoms with E-state index in [-0.39, 0.29) is 11.8 Å². The van der Waals surface area contributed by atoms with Crippen molar-refractivity contribution in [2.45, 2.75) is 24.4 Å². The molecule has 0 bridgehead atoms. The van der Waals surface area contributed by atoms with Crippen molar-refractivity contribution < 1.29 is 29.6 Å². The Kier molecular flexibility index (Phi) is 6.81. The molecule has 0 unspecified atom stereocenters. The van der Waals surface area contributed by atoms with Gasteiger partial charge in [0.2, 0.25) is 0 Å². The maximum atomic E-state index is 12.8. The van der Waals surface area contributed by atoms with E-state index < -0.39 is 31.0 Å². The van der Waals surface area contributed by atoms with Gasteiger partial charge in [0.15, 0.2) is 0 Å². The molecule has 33 heavy (non-hydrogen) atoms. The third-order valence-electron chi connectivity index (χ3n) is 5.48. The van der Waals surface area contributed by atoms with Crippen LogP contribution in [-0.4, -0.2) is 52.1 Å². The Balaban J connectivity index is 1.65. The number of ether oxygens (including phenoxy) is 1. The highest BCUT2D eigenvalue weighted by atomic mass is 16.6. The highest BCUT2D eigenvalue weighted by Crippen LogP contribution is 2.36. The topological polar surface area (TPSA) is 128 Å². The molecule has 0 spiro atoms. The van der Waals surface area contributed by atoms with Gasteiger partial charge in [-0.25, -0.2) is 0 Å². The summed E-state index contributed by atoms with van der Waals surface area (Å²) < 4.78 is 5.61. The first-order chi connectivity index (χ1) is 16.0. The smallest absolute Gasteiger partial charge is 0.255 e. The third kappa shape index (κ3) is 4.94. The van der Waals surface area contributed by atoms with Crippen LogP contribution in [-0.2, 0) is 4.74 Å². The highest BCUT2D eigenvalue weighted by molar-refractivity contribution is 6.10. The van der Waals surface area contributed by atoms with Crippen molar-refractivity contribution in [3.8, 4) is 0 Å². The first-order valence-electron chi connectivity index (χ1n) is 10.5.